The van der Waals surface area contributed by atoms with Crippen molar-refractivity contribution in [3.63, 3.8) is 0 Å². The summed E-state index contributed by atoms with van der Waals surface area (Å²) in [4.78, 5) is 14.6. The van der Waals surface area contributed by atoms with Gasteiger partial charge in [-0.1, -0.05) is 0 Å². The minimum Gasteiger partial charge on any atom is -0.478 e. The molecule has 0 saturated carbocycles. The van der Waals surface area contributed by atoms with Gasteiger partial charge >= 0.3 is 5.97 Å². The van der Waals surface area contributed by atoms with Crippen LogP contribution in [0.15, 0.2) is 35.2 Å². The number of hydrogen-bond donors (Lipinski definition) is 1. The summed E-state index contributed by atoms with van der Waals surface area (Å²) in [5.41, 5.74) is 0.157. The average molecular weight is 268 g/mol. The highest BCUT2D eigenvalue weighted by Gasteiger charge is 2.04. The number of carboxylic acid groups (broad SMARTS) is 1. The van der Waals surface area contributed by atoms with E-state index in [9.17, 15) is 4.79 Å². The zero-order valence-electron chi connectivity index (χ0n) is 7.46. The van der Waals surface area contributed by atoms with Crippen molar-refractivity contribution in [1.29, 1.82) is 0 Å². The number of carbonyl (C=O) groups is 1. The summed E-state index contributed by atoms with van der Waals surface area (Å²) in [7, 11) is 0. The molecule has 0 aliphatic heterocycles. The van der Waals surface area contributed by atoms with Gasteiger partial charge in [0.05, 0.1) is 5.56 Å². The number of nitrogens with zero attached hydrogens (tertiary/aromatic N) is 3. The smallest absolute Gasteiger partial charge is 0.337 e. The molecule has 1 N–H and O–H groups in total. The Kier molecular flexibility index (Phi) is 2.51. The zero-order valence-corrected chi connectivity index (χ0v) is 9.05. The summed E-state index contributed by atoms with van der Waals surface area (Å²) in [5.74, 6) is -0.415. The number of aromatic carboxylic acids is 1. The van der Waals surface area contributed by atoms with Crippen molar-refractivity contribution in [3.8, 4) is 5.82 Å². The minimum atomic E-state index is -0.990. The maximum Gasteiger partial charge on any atom is 0.337 e. The van der Waals surface area contributed by atoms with Crippen molar-refractivity contribution in [2.75, 3.05) is 0 Å². The fraction of sp³-hybridized carbons (Fsp3) is 0. The van der Waals surface area contributed by atoms with Crippen LogP contribution in [0.25, 0.3) is 5.82 Å². The molecular formula is C9H6BrN3O2. The molecule has 2 heterocycles. The van der Waals surface area contributed by atoms with Crippen LogP contribution in [0.3, 0.4) is 0 Å². The van der Waals surface area contributed by atoms with Crippen molar-refractivity contribution < 1.29 is 9.90 Å². The van der Waals surface area contributed by atoms with Gasteiger partial charge in [0.2, 0.25) is 0 Å². The van der Waals surface area contributed by atoms with Crippen LogP contribution in [-0.4, -0.2) is 25.8 Å². The molecule has 5 nitrogen and oxygen atoms in total. The molecule has 0 saturated heterocycles. The lowest BCUT2D eigenvalue weighted by Crippen LogP contribution is -2.01. The summed E-state index contributed by atoms with van der Waals surface area (Å²) in [6.45, 7) is 0. The Morgan fingerprint density at radius 1 is 1.40 bits per heavy atom. The fourth-order valence-electron chi connectivity index (χ4n) is 1.08. The third-order valence-electron chi connectivity index (χ3n) is 1.79. The summed E-state index contributed by atoms with van der Waals surface area (Å²) < 4.78 is 2.25. The van der Waals surface area contributed by atoms with E-state index in [0.29, 0.717) is 10.4 Å². The van der Waals surface area contributed by atoms with Crippen LogP contribution >= 0.6 is 15.9 Å². The summed E-state index contributed by atoms with van der Waals surface area (Å²) in [5, 5.41) is 12.8. The highest BCUT2D eigenvalue weighted by Crippen LogP contribution is 2.09. The molecule has 2 aromatic rings. The van der Waals surface area contributed by atoms with Crippen molar-refractivity contribution in [3.05, 3.63) is 40.8 Å². The lowest BCUT2D eigenvalue weighted by Gasteiger charge is -1.99. The van der Waals surface area contributed by atoms with Gasteiger partial charge in [-0.2, -0.15) is 5.10 Å². The quantitative estimate of drug-likeness (QED) is 0.900. The Bertz CT molecular complexity index is 492. The lowest BCUT2D eigenvalue weighted by atomic mass is 10.3. The Balaban J connectivity index is 2.35. The highest BCUT2D eigenvalue weighted by atomic mass is 79.9. The predicted molar refractivity (Wildman–Crippen MR) is 56.0 cm³/mol. The van der Waals surface area contributed by atoms with E-state index >= 15 is 0 Å². The first-order valence-electron chi connectivity index (χ1n) is 4.08. The highest BCUT2D eigenvalue weighted by molar-refractivity contribution is 9.10. The maximum absolute atomic E-state index is 10.6. The molecule has 2 aromatic heterocycles. The van der Waals surface area contributed by atoms with Gasteiger partial charge in [0.25, 0.3) is 0 Å². The second-order valence-corrected chi connectivity index (χ2v) is 3.61. The van der Waals surface area contributed by atoms with E-state index in [1.165, 1.54) is 12.3 Å². The molecule has 6 heteroatoms. The topological polar surface area (TPSA) is 68.0 Å². The van der Waals surface area contributed by atoms with Crippen molar-refractivity contribution in [1.82, 2.24) is 14.8 Å². The van der Waals surface area contributed by atoms with Crippen LogP contribution in [0.4, 0.5) is 0 Å². The largest absolute Gasteiger partial charge is 0.478 e. The molecule has 0 spiro atoms. The zero-order chi connectivity index (χ0) is 10.8. The fourth-order valence-corrected chi connectivity index (χ4v) is 1.37. The summed E-state index contributed by atoms with van der Waals surface area (Å²) in [6.07, 6.45) is 3.03. The maximum atomic E-state index is 10.6. The second kappa shape index (κ2) is 3.82. The van der Waals surface area contributed by atoms with Gasteiger partial charge in [-0.05, 0) is 34.1 Å². The number of pyridine rings is 1. The predicted octanol–water partition coefficient (Wildman–Crippen LogP) is 1.73. The molecule has 0 aliphatic rings. The van der Waals surface area contributed by atoms with Crippen molar-refractivity contribution in [2.24, 2.45) is 0 Å². The van der Waals surface area contributed by atoms with E-state index in [4.69, 9.17) is 5.11 Å². The molecule has 2 rings (SSSR count). The standard InChI is InChI=1S/C9H6BrN3O2/c10-7-3-4-13(12-7)8-2-1-6(5-11-8)9(14)15/h1-5H,(H,14,15). The Hall–Kier alpha value is -1.69. The minimum absolute atomic E-state index is 0.157. The van der Waals surface area contributed by atoms with Gasteiger partial charge in [0, 0.05) is 12.4 Å². The number of carboxylic acids is 1. The summed E-state index contributed by atoms with van der Waals surface area (Å²) in [6, 6.07) is 4.86. The van der Waals surface area contributed by atoms with Crippen LogP contribution in [0.2, 0.25) is 0 Å². The molecule has 0 fully saturated rings. The van der Waals surface area contributed by atoms with Crippen LogP contribution in [0.5, 0.6) is 0 Å². The molecular weight excluding hydrogens is 262 g/mol. The summed E-state index contributed by atoms with van der Waals surface area (Å²) >= 11 is 3.21. The molecule has 0 atom stereocenters. The van der Waals surface area contributed by atoms with E-state index in [-0.39, 0.29) is 5.56 Å². The number of rotatable bonds is 2. The lowest BCUT2D eigenvalue weighted by molar-refractivity contribution is 0.0696. The van der Waals surface area contributed by atoms with Gasteiger partial charge in [0.1, 0.15) is 4.60 Å². The Morgan fingerprint density at radius 2 is 2.20 bits per heavy atom. The first-order chi connectivity index (χ1) is 7.16. The van der Waals surface area contributed by atoms with Crippen LogP contribution in [-0.2, 0) is 0 Å². The first kappa shape index (κ1) is 9.85. The molecule has 0 bridgehead atoms. The molecule has 15 heavy (non-hydrogen) atoms. The van der Waals surface area contributed by atoms with Gasteiger partial charge in [-0.15, -0.1) is 0 Å². The molecule has 0 aliphatic carbocycles. The monoisotopic (exact) mass is 267 g/mol. The normalized spacial score (nSPS) is 10.2. The Labute approximate surface area is 93.5 Å². The second-order valence-electron chi connectivity index (χ2n) is 2.79. The van der Waals surface area contributed by atoms with E-state index in [0.717, 1.165) is 0 Å². The molecule has 0 radical (unpaired) electrons. The average Bonchev–Trinajstić information content (AvgIpc) is 2.65. The third kappa shape index (κ3) is 2.04. The number of aromatic nitrogens is 3. The third-order valence-corrected chi connectivity index (χ3v) is 2.21. The van der Waals surface area contributed by atoms with Crippen LogP contribution in [0.1, 0.15) is 10.4 Å². The molecule has 76 valence electrons. The van der Waals surface area contributed by atoms with Crippen molar-refractivity contribution in [2.45, 2.75) is 0 Å². The molecule has 0 amide bonds. The van der Waals surface area contributed by atoms with E-state index in [1.54, 1.807) is 23.0 Å². The van der Waals surface area contributed by atoms with E-state index in [1.807, 2.05) is 0 Å². The van der Waals surface area contributed by atoms with Crippen LogP contribution < -0.4 is 0 Å². The van der Waals surface area contributed by atoms with E-state index < -0.39 is 5.97 Å². The van der Waals surface area contributed by atoms with E-state index in [2.05, 4.69) is 26.0 Å². The van der Waals surface area contributed by atoms with Crippen molar-refractivity contribution >= 4 is 21.9 Å². The van der Waals surface area contributed by atoms with Gasteiger partial charge in [0.15, 0.2) is 5.82 Å². The number of halogens is 1. The van der Waals surface area contributed by atoms with Gasteiger partial charge in [-0.3, -0.25) is 0 Å². The van der Waals surface area contributed by atoms with Gasteiger partial charge in [-0.25, -0.2) is 14.5 Å². The molecule has 0 aromatic carbocycles. The number of hydrogen-bond acceptors (Lipinski definition) is 3. The van der Waals surface area contributed by atoms with Gasteiger partial charge < -0.3 is 5.11 Å². The Morgan fingerprint density at radius 3 is 2.67 bits per heavy atom. The van der Waals surface area contributed by atoms with Crippen LogP contribution in [0, 0.1) is 0 Å². The molecule has 0 unspecified atom stereocenters. The first-order valence-corrected chi connectivity index (χ1v) is 4.87. The SMILES string of the molecule is O=C(O)c1ccc(-n2ccc(Br)n2)nc1.